The Bertz CT molecular complexity index is 987. The Hall–Kier alpha value is -2.42. The largest absolute Gasteiger partial charge is 0.495 e. The van der Waals surface area contributed by atoms with Crippen molar-refractivity contribution < 1.29 is 17.9 Å². The number of aryl methyl sites for hydroxylation is 1. The number of ether oxygens (including phenoxy) is 1. The molecule has 3 rings (SSSR count). The number of nitrogens with one attached hydrogen (secondary N) is 1. The minimum Gasteiger partial charge on any atom is -0.495 e. The molecule has 0 spiro atoms. The van der Waals surface area contributed by atoms with Crippen molar-refractivity contribution in [2.24, 2.45) is 0 Å². The standard InChI is InChI=1S/C23H31N3O4S/c1-18-9-10-21(30-3)22(15-18)31(28,29)26(16-19-7-5-4-6-8-19)17-23(27)24-20-11-13-25(2)14-12-20/h4-10,15,20H,11-14,16-17H2,1-3H3,(H,24,27). The minimum atomic E-state index is -3.97. The normalized spacial score (nSPS) is 15.7. The van der Waals surface area contributed by atoms with Crippen LogP contribution in [-0.4, -0.2) is 63.4 Å². The number of carbonyl (C=O) groups is 1. The maximum Gasteiger partial charge on any atom is 0.247 e. The molecular weight excluding hydrogens is 414 g/mol. The van der Waals surface area contributed by atoms with Crippen molar-refractivity contribution in [2.75, 3.05) is 33.8 Å². The number of piperidine rings is 1. The van der Waals surface area contributed by atoms with E-state index in [9.17, 15) is 13.2 Å². The van der Waals surface area contributed by atoms with Crippen molar-refractivity contribution in [3.63, 3.8) is 0 Å². The molecule has 31 heavy (non-hydrogen) atoms. The van der Waals surface area contributed by atoms with Gasteiger partial charge in [0.1, 0.15) is 10.6 Å². The highest BCUT2D eigenvalue weighted by Gasteiger charge is 2.30. The molecule has 0 unspecified atom stereocenters. The van der Waals surface area contributed by atoms with Gasteiger partial charge in [-0.15, -0.1) is 0 Å². The molecule has 0 saturated carbocycles. The van der Waals surface area contributed by atoms with Crippen LogP contribution in [0.4, 0.5) is 0 Å². The molecule has 0 radical (unpaired) electrons. The molecule has 0 aromatic heterocycles. The number of benzene rings is 2. The summed E-state index contributed by atoms with van der Waals surface area (Å²) in [5.41, 5.74) is 1.61. The summed E-state index contributed by atoms with van der Waals surface area (Å²) in [5.74, 6) is -0.0277. The highest BCUT2D eigenvalue weighted by molar-refractivity contribution is 7.89. The van der Waals surface area contributed by atoms with Gasteiger partial charge in [0.05, 0.1) is 13.7 Å². The van der Waals surface area contributed by atoms with Gasteiger partial charge in [-0.05, 0) is 63.2 Å². The van der Waals surface area contributed by atoms with Gasteiger partial charge in [-0.2, -0.15) is 4.31 Å². The van der Waals surface area contributed by atoms with Crippen LogP contribution < -0.4 is 10.1 Å². The number of methoxy groups -OCH3 is 1. The first-order valence-corrected chi connectivity index (χ1v) is 11.9. The maximum atomic E-state index is 13.6. The molecule has 0 bridgehead atoms. The highest BCUT2D eigenvalue weighted by atomic mass is 32.2. The van der Waals surface area contributed by atoms with Gasteiger partial charge in [-0.1, -0.05) is 36.4 Å². The lowest BCUT2D eigenvalue weighted by Crippen LogP contribution is -2.47. The van der Waals surface area contributed by atoms with Gasteiger partial charge in [0, 0.05) is 12.6 Å². The number of amides is 1. The van der Waals surface area contributed by atoms with Crippen molar-refractivity contribution in [2.45, 2.75) is 37.2 Å². The van der Waals surface area contributed by atoms with Gasteiger partial charge in [0.25, 0.3) is 0 Å². The molecule has 1 N–H and O–H groups in total. The second-order valence-corrected chi connectivity index (χ2v) is 9.96. The zero-order valence-electron chi connectivity index (χ0n) is 18.4. The summed E-state index contributed by atoms with van der Waals surface area (Å²) >= 11 is 0. The molecule has 8 heteroatoms. The van der Waals surface area contributed by atoms with E-state index < -0.39 is 10.0 Å². The summed E-state index contributed by atoms with van der Waals surface area (Å²) in [7, 11) is -0.470. The lowest BCUT2D eigenvalue weighted by Gasteiger charge is -2.30. The number of hydrogen-bond donors (Lipinski definition) is 1. The maximum absolute atomic E-state index is 13.6. The predicted molar refractivity (Wildman–Crippen MR) is 120 cm³/mol. The quantitative estimate of drug-likeness (QED) is 0.675. The third-order valence-electron chi connectivity index (χ3n) is 5.54. The topological polar surface area (TPSA) is 79.0 Å². The van der Waals surface area contributed by atoms with E-state index in [0.717, 1.165) is 37.1 Å². The molecule has 2 aromatic rings. The van der Waals surface area contributed by atoms with Crippen LogP contribution in [-0.2, 0) is 21.4 Å². The molecular formula is C23H31N3O4S. The summed E-state index contributed by atoms with van der Waals surface area (Å²) in [4.78, 5) is 15.1. The molecule has 7 nitrogen and oxygen atoms in total. The van der Waals surface area contributed by atoms with E-state index in [1.165, 1.54) is 11.4 Å². The molecule has 1 amide bonds. The Balaban J connectivity index is 1.85. The summed E-state index contributed by atoms with van der Waals surface area (Å²) in [6.45, 7) is 3.50. The summed E-state index contributed by atoms with van der Waals surface area (Å²) in [6, 6.07) is 14.4. The van der Waals surface area contributed by atoms with Crippen molar-refractivity contribution in [3.05, 3.63) is 59.7 Å². The van der Waals surface area contributed by atoms with E-state index in [1.54, 1.807) is 18.2 Å². The van der Waals surface area contributed by atoms with Gasteiger partial charge in [0.2, 0.25) is 15.9 Å². The lowest BCUT2D eigenvalue weighted by atomic mass is 10.1. The first-order chi connectivity index (χ1) is 14.8. The zero-order chi connectivity index (χ0) is 22.4. The molecule has 168 valence electrons. The van der Waals surface area contributed by atoms with Gasteiger partial charge < -0.3 is 15.0 Å². The van der Waals surface area contributed by atoms with Crippen molar-refractivity contribution >= 4 is 15.9 Å². The molecule has 2 aromatic carbocycles. The third-order valence-corrected chi connectivity index (χ3v) is 7.36. The number of rotatable bonds is 8. The molecule has 1 fully saturated rings. The molecule has 1 aliphatic heterocycles. The molecule has 0 atom stereocenters. The van der Waals surface area contributed by atoms with Crippen molar-refractivity contribution in [3.8, 4) is 5.75 Å². The third kappa shape index (κ3) is 6.06. The van der Waals surface area contributed by atoms with Crippen LogP contribution in [0.15, 0.2) is 53.4 Å². The number of likely N-dealkylation sites (tertiary alicyclic amines) is 1. The Labute approximate surface area is 185 Å². The van der Waals surface area contributed by atoms with E-state index >= 15 is 0 Å². The van der Waals surface area contributed by atoms with Gasteiger partial charge >= 0.3 is 0 Å². The smallest absolute Gasteiger partial charge is 0.247 e. The zero-order valence-corrected chi connectivity index (χ0v) is 19.2. The Kier molecular flexibility index (Phi) is 7.69. The van der Waals surface area contributed by atoms with Crippen molar-refractivity contribution in [1.29, 1.82) is 0 Å². The average Bonchev–Trinajstić information content (AvgIpc) is 2.75. The van der Waals surface area contributed by atoms with Crippen LogP contribution in [0.5, 0.6) is 5.75 Å². The van der Waals surface area contributed by atoms with Crippen LogP contribution >= 0.6 is 0 Å². The van der Waals surface area contributed by atoms with Crippen LogP contribution in [0, 0.1) is 6.92 Å². The van der Waals surface area contributed by atoms with Crippen LogP contribution in [0.3, 0.4) is 0 Å². The van der Waals surface area contributed by atoms with Gasteiger partial charge in [-0.25, -0.2) is 8.42 Å². The Morgan fingerprint density at radius 3 is 2.48 bits per heavy atom. The summed E-state index contributed by atoms with van der Waals surface area (Å²) in [6.07, 6.45) is 1.72. The monoisotopic (exact) mass is 445 g/mol. The second-order valence-electron chi connectivity index (χ2n) is 8.06. The number of sulfonamides is 1. The van der Waals surface area contributed by atoms with E-state index in [0.29, 0.717) is 0 Å². The molecule has 0 aliphatic carbocycles. The first kappa shape index (κ1) is 23.2. The van der Waals surface area contributed by atoms with Gasteiger partial charge in [0.15, 0.2) is 0 Å². The van der Waals surface area contributed by atoms with E-state index in [4.69, 9.17) is 4.74 Å². The van der Waals surface area contributed by atoms with Crippen LogP contribution in [0.25, 0.3) is 0 Å². The van der Waals surface area contributed by atoms with Crippen molar-refractivity contribution in [1.82, 2.24) is 14.5 Å². The average molecular weight is 446 g/mol. The van der Waals surface area contributed by atoms with Gasteiger partial charge in [-0.3, -0.25) is 4.79 Å². The van der Waals surface area contributed by atoms with E-state index in [-0.39, 0.29) is 35.7 Å². The fourth-order valence-electron chi connectivity index (χ4n) is 3.72. The lowest BCUT2D eigenvalue weighted by molar-refractivity contribution is -0.122. The SMILES string of the molecule is COc1ccc(C)cc1S(=O)(=O)N(CC(=O)NC1CCN(C)CC1)Cc1ccccc1. The summed E-state index contributed by atoms with van der Waals surface area (Å²) in [5, 5.41) is 3.02. The number of nitrogens with zero attached hydrogens (tertiary/aromatic N) is 2. The number of hydrogen-bond acceptors (Lipinski definition) is 5. The Morgan fingerprint density at radius 2 is 1.84 bits per heavy atom. The van der Waals surface area contributed by atoms with E-state index in [1.807, 2.05) is 37.3 Å². The minimum absolute atomic E-state index is 0.0676. The van der Waals surface area contributed by atoms with Crippen LogP contribution in [0.2, 0.25) is 0 Å². The summed E-state index contributed by atoms with van der Waals surface area (Å²) < 4.78 is 33.7. The van der Waals surface area contributed by atoms with E-state index in [2.05, 4.69) is 17.3 Å². The first-order valence-electron chi connectivity index (χ1n) is 10.5. The fraction of sp³-hybridized carbons (Fsp3) is 0.435. The highest BCUT2D eigenvalue weighted by Crippen LogP contribution is 2.28. The predicted octanol–water partition coefficient (Wildman–Crippen LogP) is 2.40. The second kappa shape index (κ2) is 10.3. The Morgan fingerprint density at radius 1 is 1.16 bits per heavy atom. The number of carbonyl (C=O) groups excluding carboxylic acids is 1. The van der Waals surface area contributed by atoms with Crippen LogP contribution in [0.1, 0.15) is 24.0 Å². The molecule has 1 heterocycles. The fourth-order valence-corrected chi connectivity index (χ4v) is 5.35. The molecule has 1 aliphatic rings. The molecule has 1 saturated heterocycles.